The topological polar surface area (TPSA) is 33.1 Å². The Bertz CT molecular complexity index is 516. The van der Waals surface area contributed by atoms with Crippen LogP contribution in [0, 0.1) is 11.6 Å². The van der Waals surface area contributed by atoms with E-state index in [0.29, 0.717) is 11.1 Å². The molecule has 1 unspecified atom stereocenters. The van der Waals surface area contributed by atoms with Crippen molar-refractivity contribution in [3.63, 3.8) is 0 Å². The molecule has 0 amide bonds. The maximum Gasteiger partial charge on any atom is 0.141 e. The number of hydrogen-bond acceptors (Lipinski definition) is 2. The molecular weight excluding hydrogens is 224 g/mol. The van der Waals surface area contributed by atoms with Crippen molar-refractivity contribution < 1.29 is 13.9 Å². The molecule has 0 aliphatic heterocycles. The van der Waals surface area contributed by atoms with Gasteiger partial charge in [-0.05, 0) is 17.7 Å². The van der Waals surface area contributed by atoms with Crippen LogP contribution in [0.3, 0.4) is 0 Å². The number of pyridine rings is 1. The lowest BCUT2D eigenvalue weighted by Gasteiger charge is -2.11. The minimum absolute atomic E-state index is 0.0950. The highest BCUT2D eigenvalue weighted by Gasteiger charge is 2.12. The van der Waals surface area contributed by atoms with Crippen LogP contribution >= 0.6 is 0 Å². The molecule has 0 spiro atoms. The fourth-order valence-corrected chi connectivity index (χ4v) is 1.60. The van der Waals surface area contributed by atoms with Gasteiger partial charge in [0.05, 0.1) is 12.3 Å². The van der Waals surface area contributed by atoms with E-state index < -0.39 is 11.9 Å². The molecule has 88 valence electrons. The summed E-state index contributed by atoms with van der Waals surface area (Å²) in [5.74, 6) is -0.897. The molecule has 1 N–H and O–H groups in total. The van der Waals surface area contributed by atoms with Crippen molar-refractivity contribution in [1.82, 2.24) is 4.98 Å². The second-order valence-electron chi connectivity index (χ2n) is 3.75. The molecule has 17 heavy (non-hydrogen) atoms. The predicted octanol–water partition coefficient (Wildman–Crippen LogP) is 2.64. The lowest BCUT2D eigenvalue weighted by molar-refractivity contribution is 0.176. The highest BCUT2D eigenvalue weighted by Crippen LogP contribution is 2.19. The van der Waals surface area contributed by atoms with Gasteiger partial charge in [0.2, 0.25) is 0 Å². The van der Waals surface area contributed by atoms with Crippen molar-refractivity contribution in [1.29, 1.82) is 0 Å². The first-order valence-electron chi connectivity index (χ1n) is 5.19. The van der Waals surface area contributed by atoms with Gasteiger partial charge in [-0.3, -0.25) is 4.98 Å². The van der Waals surface area contributed by atoms with E-state index in [9.17, 15) is 13.9 Å². The van der Waals surface area contributed by atoms with E-state index in [2.05, 4.69) is 4.98 Å². The lowest BCUT2D eigenvalue weighted by Crippen LogP contribution is -2.04. The van der Waals surface area contributed by atoms with Gasteiger partial charge >= 0.3 is 0 Å². The maximum absolute atomic E-state index is 13.3. The Kier molecular flexibility index (Phi) is 3.44. The molecule has 2 rings (SSSR count). The zero-order valence-electron chi connectivity index (χ0n) is 8.98. The van der Waals surface area contributed by atoms with Crippen LogP contribution in [0.4, 0.5) is 8.78 Å². The number of rotatable bonds is 3. The van der Waals surface area contributed by atoms with E-state index >= 15 is 0 Å². The first kappa shape index (κ1) is 11.7. The summed E-state index contributed by atoms with van der Waals surface area (Å²) >= 11 is 0. The van der Waals surface area contributed by atoms with E-state index in [0.717, 1.165) is 6.20 Å². The molecule has 1 atom stereocenters. The third-order valence-corrected chi connectivity index (χ3v) is 2.48. The minimum Gasteiger partial charge on any atom is -0.388 e. The number of benzene rings is 1. The lowest BCUT2D eigenvalue weighted by atomic mass is 10.0. The zero-order valence-corrected chi connectivity index (χ0v) is 8.98. The second-order valence-corrected chi connectivity index (χ2v) is 3.75. The summed E-state index contributed by atoms with van der Waals surface area (Å²) in [6, 6.07) is 7.37. The molecule has 4 heteroatoms. The minimum atomic E-state index is -0.963. The van der Waals surface area contributed by atoms with E-state index in [1.54, 1.807) is 18.2 Å². The van der Waals surface area contributed by atoms with Gasteiger partial charge in [-0.1, -0.05) is 18.2 Å². The highest BCUT2D eigenvalue weighted by molar-refractivity contribution is 5.21. The van der Waals surface area contributed by atoms with Crippen molar-refractivity contribution >= 4 is 0 Å². The SMILES string of the molecule is OC(Cc1ccccc1F)c1cncc(F)c1. The molecule has 0 bridgehead atoms. The monoisotopic (exact) mass is 235 g/mol. The van der Waals surface area contributed by atoms with Crippen LogP contribution in [0.1, 0.15) is 17.2 Å². The smallest absolute Gasteiger partial charge is 0.141 e. The van der Waals surface area contributed by atoms with Gasteiger partial charge < -0.3 is 5.11 Å². The largest absolute Gasteiger partial charge is 0.388 e. The van der Waals surface area contributed by atoms with Gasteiger partial charge in [-0.2, -0.15) is 0 Å². The molecule has 2 aromatic rings. The number of aliphatic hydroxyl groups excluding tert-OH is 1. The van der Waals surface area contributed by atoms with Crippen LogP contribution in [-0.2, 0) is 6.42 Å². The molecule has 0 aliphatic rings. The molecule has 1 aromatic heterocycles. The molecule has 1 heterocycles. The van der Waals surface area contributed by atoms with Crippen molar-refractivity contribution in [3.8, 4) is 0 Å². The standard InChI is InChI=1S/C13H11F2NO/c14-11-5-10(7-16-8-11)13(17)6-9-3-1-2-4-12(9)15/h1-5,7-8,13,17H,6H2. The summed E-state index contributed by atoms with van der Waals surface area (Å²) in [5, 5.41) is 9.85. The van der Waals surface area contributed by atoms with E-state index in [1.165, 1.54) is 18.3 Å². The van der Waals surface area contributed by atoms with E-state index in [-0.39, 0.29) is 12.2 Å². The van der Waals surface area contributed by atoms with Crippen LogP contribution in [0.15, 0.2) is 42.7 Å². The van der Waals surface area contributed by atoms with Crippen LogP contribution in [-0.4, -0.2) is 10.1 Å². The summed E-state index contributed by atoms with van der Waals surface area (Å²) < 4.78 is 26.2. The van der Waals surface area contributed by atoms with Crippen LogP contribution in [0.5, 0.6) is 0 Å². The Balaban J connectivity index is 2.17. The molecule has 0 saturated carbocycles. The summed E-state index contributed by atoms with van der Waals surface area (Å²) in [6.45, 7) is 0. The Hall–Kier alpha value is -1.81. The quantitative estimate of drug-likeness (QED) is 0.887. The van der Waals surface area contributed by atoms with Gasteiger partial charge in [-0.25, -0.2) is 8.78 Å². The fraction of sp³-hybridized carbons (Fsp3) is 0.154. The van der Waals surface area contributed by atoms with Crippen LogP contribution < -0.4 is 0 Å². The number of nitrogens with zero attached hydrogens (tertiary/aromatic N) is 1. The predicted molar refractivity (Wildman–Crippen MR) is 59.3 cm³/mol. The Morgan fingerprint density at radius 1 is 1.18 bits per heavy atom. The average Bonchev–Trinajstić information content (AvgIpc) is 2.32. The van der Waals surface area contributed by atoms with Crippen molar-refractivity contribution in [2.75, 3.05) is 0 Å². The van der Waals surface area contributed by atoms with Crippen LogP contribution in [0.25, 0.3) is 0 Å². The molecule has 0 aliphatic carbocycles. The maximum atomic E-state index is 13.3. The number of halogens is 2. The van der Waals surface area contributed by atoms with Crippen LogP contribution in [0.2, 0.25) is 0 Å². The van der Waals surface area contributed by atoms with E-state index in [1.807, 2.05) is 0 Å². The number of aromatic nitrogens is 1. The van der Waals surface area contributed by atoms with Gasteiger partial charge in [0.15, 0.2) is 0 Å². The molecule has 1 aromatic carbocycles. The molecular formula is C13H11F2NO. The Morgan fingerprint density at radius 3 is 2.65 bits per heavy atom. The molecule has 0 fully saturated rings. The third-order valence-electron chi connectivity index (χ3n) is 2.48. The second kappa shape index (κ2) is 5.01. The first-order valence-corrected chi connectivity index (χ1v) is 5.19. The Labute approximate surface area is 97.6 Å². The molecule has 0 radical (unpaired) electrons. The first-order chi connectivity index (χ1) is 8.16. The molecule has 2 nitrogen and oxygen atoms in total. The van der Waals surface area contributed by atoms with Gasteiger partial charge in [0.1, 0.15) is 11.6 Å². The normalized spacial score (nSPS) is 12.4. The Morgan fingerprint density at radius 2 is 1.94 bits per heavy atom. The summed E-state index contributed by atoms with van der Waals surface area (Å²) in [6.07, 6.45) is 1.56. The van der Waals surface area contributed by atoms with E-state index in [4.69, 9.17) is 0 Å². The number of hydrogen-bond donors (Lipinski definition) is 1. The zero-order chi connectivity index (χ0) is 12.3. The third kappa shape index (κ3) is 2.85. The molecule has 0 saturated heterocycles. The van der Waals surface area contributed by atoms with Crippen molar-refractivity contribution in [2.24, 2.45) is 0 Å². The highest BCUT2D eigenvalue weighted by atomic mass is 19.1. The summed E-state index contributed by atoms with van der Waals surface area (Å²) in [5.41, 5.74) is 0.734. The summed E-state index contributed by atoms with van der Waals surface area (Å²) in [7, 11) is 0. The summed E-state index contributed by atoms with van der Waals surface area (Å²) in [4.78, 5) is 3.64. The van der Waals surface area contributed by atoms with Gasteiger partial charge in [0.25, 0.3) is 0 Å². The average molecular weight is 235 g/mol. The van der Waals surface area contributed by atoms with Crippen molar-refractivity contribution in [3.05, 3.63) is 65.5 Å². The number of aliphatic hydroxyl groups is 1. The van der Waals surface area contributed by atoms with Gasteiger partial charge in [-0.15, -0.1) is 0 Å². The van der Waals surface area contributed by atoms with Crippen molar-refractivity contribution in [2.45, 2.75) is 12.5 Å². The fourth-order valence-electron chi connectivity index (χ4n) is 1.60. The van der Waals surface area contributed by atoms with Gasteiger partial charge in [0, 0.05) is 18.2 Å².